The van der Waals surface area contributed by atoms with Crippen LogP contribution in [0.2, 0.25) is 5.02 Å². The molecule has 2 aromatic rings. The Kier molecular flexibility index (Phi) is 7.66. The van der Waals surface area contributed by atoms with Crippen molar-refractivity contribution in [2.24, 2.45) is 11.0 Å². The third kappa shape index (κ3) is 5.32. The number of ether oxygens (including phenoxy) is 2. The average Bonchev–Trinajstić information content (AvgIpc) is 2.92. The Morgan fingerprint density at radius 3 is 2.77 bits per heavy atom. The number of aromatic nitrogens is 3. The van der Waals surface area contributed by atoms with Crippen LogP contribution in [0.5, 0.6) is 11.5 Å². The van der Waals surface area contributed by atoms with E-state index in [1.54, 1.807) is 17.0 Å². The molecule has 0 saturated carbocycles. The highest BCUT2D eigenvalue weighted by molar-refractivity contribution is 7.71. The van der Waals surface area contributed by atoms with Crippen molar-refractivity contribution in [2.75, 3.05) is 13.2 Å². The largest absolute Gasteiger partial charge is 0.490 e. The zero-order valence-electron chi connectivity index (χ0n) is 15.6. The van der Waals surface area contributed by atoms with E-state index in [4.69, 9.17) is 33.3 Å². The second-order valence-corrected chi connectivity index (χ2v) is 7.01. The maximum atomic E-state index is 6.41. The first-order valence-electron chi connectivity index (χ1n) is 8.76. The van der Waals surface area contributed by atoms with Crippen molar-refractivity contribution in [3.63, 3.8) is 0 Å². The number of nitrogens with zero attached hydrogens (tertiary/aromatic N) is 3. The monoisotopic (exact) mass is 396 g/mol. The molecule has 0 aliphatic heterocycles. The Bertz CT molecular complexity index is 814. The second-order valence-electron chi connectivity index (χ2n) is 6.22. The van der Waals surface area contributed by atoms with Crippen molar-refractivity contribution in [1.29, 1.82) is 0 Å². The van der Waals surface area contributed by atoms with Gasteiger partial charge in [0.2, 0.25) is 4.77 Å². The number of halogens is 1. The van der Waals surface area contributed by atoms with Crippen LogP contribution in [0.3, 0.4) is 0 Å². The second kappa shape index (κ2) is 9.73. The normalized spacial score (nSPS) is 11.5. The molecule has 1 N–H and O–H groups in total. The number of aromatic amines is 1. The average molecular weight is 397 g/mol. The van der Waals surface area contributed by atoms with Gasteiger partial charge in [0.1, 0.15) is 0 Å². The van der Waals surface area contributed by atoms with Crippen LogP contribution < -0.4 is 9.47 Å². The van der Waals surface area contributed by atoms with Gasteiger partial charge in [-0.1, -0.05) is 32.4 Å². The lowest BCUT2D eigenvalue weighted by Crippen LogP contribution is -2.07. The van der Waals surface area contributed by atoms with Crippen LogP contribution in [-0.4, -0.2) is 34.3 Å². The summed E-state index contributed by atoms with van der Waals surface area (Å²) in [7, 11) is 0. The number of nitrogens with one attached hydrogen (secondary N) is 1. The van der Waals surface area contributed by atoms with Gasteiger partial charge in [-0.05, 0) is 49.2 Å². The predicted octanol–water partition coefficient (Wildman–Crippen LogP) is 4.86. The summed E-state index contributed by atoms with van der Waals surface area (Å²) in [6.45, 7) is 9.24. The third-order valence-corrected chi connectivity index (χ3v) is 3.95. The first-order valence-corrected chi connectivity index (χ1v) is 9.54. The van der Waals surface area contributed by atoms with E-state index in [2.05, 4.69) is 36.1 Å². The first kappa shape index (κ1) is 20.5. The summed E-state index contributed by atoms with van der Waals surface area (Å²) in [5, 5.41) is 11.9. The third-order valence-electron chi connectivity index (χ3n) is 3.41. The number of H-pyrrole nitrogens is 1. The van der Waals surface area contributed by atoms with Crippen LogP contribution in [0.25, 0.3) is 0 Å². The van der Waals surface area contributed by atoms with Crippen molar-refractivity contribution >= 4 is 30.0 Å². The van der Waals surface area contributed by atoms with E-state index >= 15 is 0 Å². The number of hydrogen-bond acceptors (Lipinski definition) is 5. The molecule has 1 aromatic heterocycles. The molecule has 0 saturated heterocycles. The van der Waals surface area contributed by atoms with Gasteiger partial charge in [0.15, 0.2) is 17.3 Å². The summed E-state index contributed by atoms with van der Waals surface area (Å²) in [5.74, 6) is 2.35. The van der Waals surface area contributed by atoms with E-state index in [9.17, 15) is 0 Å². The molecule has 8 heteroatoms. The molecule has 2 rings (SSSR count). The summed E-state index contributed by atoms with van der Waals surface area (Å²) in [6.07, 6.45) is 3.43. The van der Waals surface area contributed by atoms with Crippen molar-refractivity contribution in [1.82, 2.24) is 14.9 Å². The first-order chi connectivity index (χ1) is 12.5. The highest BCUT2D eigenvalue weighted by Crippen LogP contribution is 2.36. The minimum atomic E-state index is 0.390. The Balaban J connectivity index is 2.32. The molecule has 0 aliphatic carbocycles. The molecule has 142 valence electrons. The van der Waals surface area contributed by atoms with Crippen LogP contribution in [0.1, 0.15) is 45.5 Å². The van der Waals surface area contributed by atoms with Crippen molar-refractivity contribution in [2.45, 2.75) is 40.5 Å². The summed E-state index contributed by atoms with van der Waals surface area (Å²) in [5.41, 5.74) is 0.792. The van der Waals surface area contributed by atoms with Crippen LogP contribution >= 0.6 is 23.8 Å². The lowest BCUT2D eigenvalue weighted by Gasteiger charge is -2.15. The van der Waals surface area contributed by atoms with Gasteiger partial charge in [0.25, 0.3) is 0 Å². The van der Waals surface area contributed by atoms with Crippen LogP contribution in [0, 0.1) is 10.7 Å². The smallest absolute Gasteiger partial charge is 0.216 e. The zero-order chi connectivity index (χ0) is 19.1. The summed E-state index contributed by atoms with van der Waals surface area (Å²) in [4.78, 5) is 0. The van der Waals surface area contributed by atoms with Gasteiger partial charge in [-0.3, -0.25) is 5.10 Å². The number of aryl methyl sites for hydroxylation is 1. The molecular weight excluding hydrogens is 372 g/mol. The summed E-state index contributed by atoms with van der Waals surface area (Å²) in [6, 6.07) is 3.66. The molecule has 0 unspecified atom stereocenters. The quantitative estimate of drug-likeness (QED) is 0.485. The zero-order valence-corrected chi connectivity index (χ0v) is 17.2. The molecule has 0 bridgehead atoms. The molecule has 26 heavy (non-hydrogen) atoms. The number of rotatable bonds is 9. The summed E-state index contributed by atoms with van der Waals surface area (Å²) >= 11 is 11.6. The predicted molar refractivity (Wildman–Crippen MR) is 107 cm³/mol. The van der Waals surface area contributed by atoms with Crippen molar-refractivity contribution < 1.29 is 9.47 Å². The van der Waals surface area contributed by atoms with Gasteiger partial charge in [0.05, 0.1) is 24.5 Å². The fraction of sp³-hybridized carbons (Fsp3) is 0.500. The van der Waals surface area contributed by atoms with E-state index in [1.165, 1.54) is 0 Å². The minimum absolute atomic E-state index is 0.390. The standard InChI is InChI=1S/C18H25ClN4O2S/c1-5-7-16-21-22-18(26)23(16)20-10-13-8-14(19)17(25-11-12(3)4)15(9-13)24-6-2/h8-10,12H,5-7,11H2,1-4H3,(H,22,26)/b20-10-. The van der Waals surface area contributed by atoms with Crippen molar-refractivity contribution in [3.05, 3.63) is 33.3 Å². The van der Waals surface area contributed by atoms with Gasteiger partial charge < -0.3 is 9.47 Å². The number of benzene rings is 1. The Morgan fingerprint density at radius 2 is 2.12 bits per heavy atom. The Morgan fingerprint density at radius 1 is 1.35 bits per heavy atom. The van der Waals surface area contributed by atoms with Gasteiger partial charge in [-0.15, -0.1) is 0 Å². The van der Waals surface area contributed by atoms with E-state index in [0.29, 0.717) is 40.4 Å². The van der Waals surface area contributed by atoms with Crippen LogP contribution in [-0.2, 0) is 6.42 Å². The highest BCUT2D eigenvalue weighted by atomic mass is 35.5. The van der Waals surface area contributed by atoms with Crippen LogP contribution in [0.15, 0.2) is 17.2 Å². The molecule has 0 atom stereocenters. The molecular formula is C18H25ClN4O2S. The van der Waals surface area contributed by atoms with E-state index < -0.39 is 0 Å². The molecule has 0 aliphatic rings. The SMILES string of the molecule is CCCc1n[nH]c(=S)n1/N=C\c1cc(Cl)c(OCC(C)C)c(OCC)c1. The molecule has 6 nitrogen and oxygen atoms in total. The minimum Gasteiger partial charge on any atom is -0.490 e. The molecule has 0 spiro atoms. The van der Waals surface area contributed by atoms with Gasteiger partial charge in [-0.25, -0.2) is 0 Å². The molecule has 1 heterocycles. The molecule has 0 fully saturated rings. The Hall–Kier alpha value is -1.86. The maximum Gasteiger partial charge on any atom is 0.216 e. The fourth-order valence-corrected chi connectivity index (χ4v) is 2.74. The topological polar surface area (TPSA) is 64.4 Å². The molecule has 0 amide bonds. The Labute approximate surface area is 164 Å². The summed E-state index contributed by atoms with van der Waals surface area (Å²) < 4.78 is 13.6. The lowest BCUT2D eigenvalue weighted by molar-refractivity contribution is 0.248. The van der Waals surface area contributed by atoms with Gasteiger partial charge in [-0.2, -0.15) is 14.9 Å². The molecule has 0 radical (unpaired) electrons. The van der Waals surface area contributed by atoms with Gasteiger partial charge in [0, 0.05) is 6.42 Å². The van der Waals surface area contributed by atoms with Crippen LogP contribution in [0.4, 0.5) is 0 Å². The highest BCUT2D eigenvalue weighted by Gasteiger charge is 2.13. The maximum absolute atomic E-state index is 6.41. The molecule has 1 aromatic carbocycles. The van der Waals surface area contributed by atoms with E-state index in [1.807, 2.05) is 13.0 Å². The van der Waals surface area contributed by atoms with E-state index in [0.717, 1.165) is 24.2 Å². The van der Waals surface area contributed by atoms with Crippen molar-refractivity contribution in [3.8, 4) is 11.5 Å². The van der Waals surface area contributed by atoms with E-state index in [-0.39, 0.29) is 0 Å². The fourth-order valence-electron chi connectivity index (χ4n) is 2.27. The lowest BCUT2D eigenvalue weighted by atomic mass is 10.2. The number of hydrogen-bond donors (Lipinski definition) is 1. The van der Waals surface area contributed by atoms with Gasteiger partial charge >= 0.3 is 0 Å².